The summed E-state index contributed by atoms with van der Waals surface area (Å²) in [6.45, 7) is 7.16. The van der Waals surface area contributed by atoms with Crippen molar-refractivity contribution in [3.05, 3.63) is 53.6 Å². The fraction of sp³-hybridized carbons (Fsp3) is 0.364. The van der Waals surface area contributed by atoms with Gasteiger partial charge in [0.1, 0.15) is 5.75 Å². The van der Waals surface area contributed by atoms with Crippen LogP contribution >= 0.6 is 0 Å². The molecule has 0 aromatic heterocycles. The highest BCUT2D eigenvalue weighted by Gasteiger charge is 2.18. The zero-order chi connectivity index (χ0) is 20.1. The molecule has 1 saturated heterocycles. The monoisotopic (exact) mass is 381 g/mol. The number of hydrogen-bond acceptors (Lipinski definition) is 4. The summed E-state index contributed by atoms with van der Waals surface area (Å²) in [5, 5.41) is 2.97. The second kappa shape index (κ2) is 8.78. The van der Waals surface area contributed by atoms with Crippen LogP contribution in [0, 0.1) is 0 Å². The summed E-state index contributed by atoms with van der Waals surface area (Å²) in [7, 11) is 1.59. The van der Waals surface area contributed by atoms with E-state index in [1.165, 1.54) is 5.56 Å². The smallest absolute Gasteiger partial charge is 0.255 e. The van der Waals surface area contributed by atoms with Crippen LogP contribution in [0.1, 0.15) is 35.7 Å². The predicted molar refractivity (Wildman–Crippen MR) is 111 cm³/mol. The molecule has 0 bridgehead atoms. The molecule has 6 heteroatoms. The minimum Gasteiger partial charge on any atom is -0.495 e. The molecule has 3 rings (SSSR count). The van der Waals surface area contributed by atoms with Crippen molar-refractivity contribution in [3.8, 4) is 5.75 Å². The van der Waals surface area contributed by atoms with Crippen LogP contribution in [0.4, 0.5) is 11.4 Å². The molecule has 148 valence electrons. The van der Waals surface area contributed by atoms with Crippen molar-refractivity contribution < 1.29 is 14.3 Å². The van der Waals surface area contributed by atoms with Crippen LogP contribution in [0.2, 0.25) is 0 Å². The minimum absolute atomic E-state index is 0.170. The Hall–Kier alpha value is -3.02. The normalized spacial score (nSPS) is 14.1. The molecule has 28 heavy (non-hydrogen) atoms. The van der Waals surface area contributed by atoms with Crippen LogP contribution in [0.25, 0.3) is 0 Å². The van der Waals surface area contributed by atoms with Crippen molar-refractivity contribution in [3.63, 3.8) is 0 Å². The van der Waals surface area contributed by atoms with E-state index in [0.717, 1.165) is 25.2 Å². The van der Waals surface area contributed by atoms with E-state index in [9.17, 15) is 9.59 Å². The number of nitrogens with one attached hydrogen (secondary N) is 1. The Kier molecular flexibility index (Phi) is 6.19. The van der Waals surface area contributed by atoms with E-state index in [-0.39, 0.29) is 5.91 Å². The number of ether oxygens (including phenoxy) is 1. The van der Waals surface area contributed by atoms with E-state index >= 15 is 0 Å². The first-order valence-corrected chi connectivity index (χ1v) is 9.55. The van der Waals surface area contributed by atoms with Gasteiger partial charge < -0.3 is 19.9 Å². The SMILES string of the molecule is COc1ccc(N2CCN(C=O)CC2)cc1NC(=O)c1ccc(C(C)C)cc1. The summed E-state index contributed by atoms with van der Waals surface area (Å²) in [4.78, 5) is 27.6. The highest BCUT2D eigenvalue weighted by Crippen LogP contribution is 2.30. The third-order valence-corrected chi connectivity index (χ3v) is 5.10. The average molecular weight is 381 g/mol. The number of benzene rings is 2. The van der Waals surface area contributed by atoms with Gasteiger partial charge in [-0.15, -0.1) is 0 Å². The highest BCUT2D eigenvalue weighted by atomic mass is 16.5. The first-order chi connectivity index (χ1) is 13.5. The summed E-state index contributed by atoms with van der Waals surface area (Å²) in [5.74, 6) is 0.868. The Balaban J connectivity index is 1.76. The molecule has 2 aromatic rings. The molecule has 2 aromatic carbocycles. The molecule has 1 aliphatic heterocycles. The summed E-state index contributed by atoms with van der Waals surface area (Å²) in [6.07, 6.45) is 0.890. The van der Waals surface area contributed by atoms with Crippen LogP contribution in [0.15, 0.2) is 42.5 Å². The molecule has 0 unspecified atom stereocenters. The van der Waals surface area contributed by atoms with Gasteiger partial charge in [-0.2, -0.15) is 0 Å². The van der Waals surface area contributed by atoms with Crippen molar-refractivity contribution in [2.24, 2.45) is 0 Å². The van der Waals surface area contributed by atoms with Gasteiger partial charge in [-0.3, -0.25) is 9.59 Å². The molecule has 0 aliphatic carbocycles. The fourth-order valence-electron chi connectivity index (χ4n) is 3.29. The Morgan fingerprint density at radius 3 is 2.32 bits per heavy atom. The largest absolute Gasteiger partial charge is 0.495 e. The van der Waals surface area contributed by atoms with Crippen LogP contribution in [-0.4, -0.2) is 50.5 Å². The third-order valence-electron chi connectivity index (χ3n) is 5.10. The Labute approximate surface area is 166 Å². The molecule has 0 radical (unpaired) electrons. The van der Waals surface area contributed by atoms with Gasteiger partial charge in [0.15, 0.2) is 0 Å². The molecule has 0 saturated carbocycles. The number of amides is 2. The quantitative estimate of drug-likeness (QED) is 0.780. The van der Waals surface area contributed by atoms with Crippen LogP contribution in [0.5, 0.6) is 5.75 Å². The average Bonchev–Trinajstić information content (AvgIpc) is 2.73. The number of hydrogen-bond donors (Lipinski definition) is 1. The maximum atomic E-state index is 12.7. The number of anilines is 2. The second-order valence-corrected chi connectivity index (χ2v) is 7.24. The molecule has 1 fully saturated rings. The second-order valence-electron chi connectivity index (χ2n) is 7.24. The van der Waals surface area contributed by atoms with Crippen molar-refractivity contribution in [2.45, 2.75) is 19.8 Å². The van der Waals surface area contributed by atoms with E-state index in [1.54, 1.807) is 12.0 Å². The molecule has 6 nitrogen and oxygen atoms in total. The molecule has 1 heterocycles. The Morgan fingerprint density at radius 2 is 1.75 bits per heavy atom. The third kappa shape index (κ3) is 4.44. The predicted octanol–water partition coefficient (Wildman–Crippen LogP) is 3.35. The minimum atomic E-state index is -0.170. The Morgan fingerprint density at radius 1 is 1.07 bits per heavy atom. The fourth-order valence-corrected chi connectivity index (χ4v) is 3.29. The number of nitrogens with zero attached hydrogens (tertiary/aromatic N) is 2. The zero-order valence-corrected chi connectivity index (χ0v) is 16.6. The molecular weight excluding hydrogens is 354 g/mol. The number of carbonyl (C=O) groups is 2. The van der Waals surface area contributed by atoms with Gasteiger partial charge in [-0.1, -0.05) is 26.0 Å². The van der Waals surface area contributed by atoms with Gasteiger partial charge in [-0.25, -0.2) is 0 Å². The van der Waals surface area contributed by atoms with Gasteiger partial charge in [-0.05, 0) is 41.8 Å². The summed E-state index contributed by atoms with van der Waals surface area (Å²) < 4.78 is 5.42. The molecule has 1 aliphatic rings. The van der Waals surface area contributed by atoms with Gasteiger partial charge in [0, 0.05) is 37.4 Å². The molecule has 1 N–H and O–H groups in total. The lowest BCUT2D eigenvalue weighted by molar-refractivity contribution is -0.118. The van der Waals surface area contributed by atoms with Crippen molar-refractivity contribution >= 4 is 23.7 Å². The van der Waals surface area contributed by atoms with Gasteiger partial charge >= 0.3 is 0 Å². The van der Waals surface area contributed by atoms with E-state index in [0.29, 0.717) is 36.0 Å². The topological polar surface area (TPSA) is 61.9 Å². The van der Waals surface area contributed by atoms with Crippen molar-refractivity contribution in [2.75, 3.05) is 43.5 Å². The van der Waals surface area contributed by atoms with E-state index in [1.807, 2.05) is 42.5 Å². The van der Waals surface area contributed by atoms with E-state index < -0.39 is 0 Å². The van der Waals surface area contributed by atoms with Gasteiger partial charge in [0.25, 0.3) is 5.91 Å². The van der Waals surface area contributed by atoms with E-state index in [2.05, 4.69) is 24.1 Å². The molecule has 0 atom stereocenters. The number of carbonyl (C=O) groups excluding carboxylic acids is 2. The maximum absolute atomic E-state index is 12.7. The zero-order valence-electron chi connectivity index (χ0n) is 16.6. The summed E-state index contributed by atoms with van der Waals surface area (Å²) in [5.41, 5.74) is 3.44. The summed E-state index contributed by atoms with van der Waals surface area (Å²) in [6, 6.07) is 13.4. The number of methoxy groups -OCH3 is 1. The molecule has 0 spiro atoms. The van der Waals surface area contributed by atoms with Crippen molar-refractivity contribution in [1.29, 1.82) is 0 Å². The van der Waals surface area contributed by atoms with Gasteiger partial charge in [0.05, 0.1) is 12.8 Å². The molecule has 2 amide bonds. The van der Waals surface area contributed by atoms with Crippen molar-refractivity contribution in [1.82, 2.24) is 4.90 Å². The van der Waals surface area contributed by atoms with Crippen LogP contribution < -0.4 is 15.0 Å². The molecular formula is C22H27N3O3. The van der Waals surface area contributed by atoms with Crippen LogP contribution in [-0.2, 0) is 4.79 Å². The summed E-state index contributed by atoms with van der Waals surface area (Å²) >= 11 is 0. The lowest BCUT2D eigenvalue weighted by Crippen LogP contribution is -2.45. The first kappa shape index (κ1) is 19.7. The Bertz CT molecular complexity index is 825. The lowest BCUT2D eigenvalue weighted by atomic mass is 10.0. The highest BCUT2D eigenvalue weighted by molar-refractivity contribution is 6.05. The number of piperazine rings is 1. The van der Waals surface area contributed by atoms with Crippen LogP contribution in [0.3, 0.4) is 0 Å². The number of rotatable bonds is 6. The maximum Gasteiger partial charge on any atom is 0.255 e. The van der Waals surface area contributed by atoms with E-state index in [4.69, 9.17) is 4.74 Å². The standard InChI is InChI=1S/C22H27N3O3/c1-16(2)17-4-6-18(7-5-17)22(27)23-20-14-19(8-9-21(20)28-3)25-12-10-24(15-26)11-13-25/h4-9,14-16H,10-13H2,1-3H3,(H,23,27). The van der Waals surface area contributed by atoms with Gasteiger partial charge in [0.2, 0.25) is 6.41 Å². The first-order valence-electron chi connectivity index (χ1n) is 9.55. The lowest BCUT2D eigenvalue weighted by Gasteiger charge is -2.34.